The fourth-order valence-corrected chi connectivity index (χ4v) is 6.17. The Morgan fingerprint density at radius 3 is 2.42 bits per heavy atom. The quantitative estimate of drug-likeness (QED) is 0.307. The molecule has 1 aliphatic carbocycles. The number of fused-ring (bicyclic) bond motifs is 1. The summed E-state index contributed by atoms with van der Waals surface area (Å²) in [5, 5.41) is 19.8. The predicted octanol–water partition coefficient (Wildman–Crippen LogP) is 6.32. The number of amidine groups is 1. The fraction of sp³-hybridized carbons (Fsp3) is 0.393. The Bertz CT molecular complexity index is 1640. The Hall–Kier alpha value is -3.85. The first-order chi connectivity index (χ1) is 20.1. The molecular formula is C28H30F5N5O4S. The third-order valence-corrected chi connectivity index (χ3v) is 9.23. The number of oxime groups is 1. The first kappa shape index (κ1) is 29.2. The lowest BCUT2D eigenvalue weighted by molar-refractivity contribution is -0.0996. The second kappa shape index (κ2) is 9.08. The number of aliphatic hydroxyl groups excluding tert-OH is 1. The van der Waals surface area contributed by atoms with Crippen molar-refractivity contribution in [1.29, 1.82) is 0 Å². The standard InChI is InChI=1S/C28H30F5N5O4S/c1-4-25-34-17-38(35-25)22-10-5-19(13-23(22)40-3)14-24-26-36-41-16-28(18(2)39,37(26)15-27(42-24)11-12-27)20-6-8-21(9-7-20)43(29,30,31,32)33/h5-10,13-14,17-18,39H,4,11-12,15-16H2,1-3H3/b24-14-. The maximum Gasteiger partial charge on any atom is 0.310 e. The highest BCUT2D eigenvalue weighted by molar-refractivity contribution is 8.45. The predicted molar refractivity (Wildman–Crippen MR) is 150 cm³/mol. The molecule has 2 unspecified atom stereocenters. The van der Waals surface area contributed by atoms with E-state index in [0.717, 1.165) is 12.1 Å². The van der Waals surface area contributed by atoms with Crippen molar-refractivity contribution in [3.05, 3.63) is 71.5 Å². The largest absolute Gasteiger partial charge is 0.494 e. The number of aliphatic hydroxyl groups is 1. The molecule has 1 N–H and O–H groups in total. The molecule has 6 rings (SSSR count). The van der Waals surface area contributed by atoms with Gasteiger partial charge in [0.1, 0.15) is 40.4 Å². The first-order valence-corrected chi connectivity index (χ1v) is 15.5. The maximum absolute atomic E-state index is 13.5. The van der Waals surface area contributed by atoms with Crippen molar-refractivity contribution in [3.63, 3.8) is 0 Å². The van der Waals surface area contributed by atoms with Crippen LogP contribution in [0, 0.1) is 0 Å². The number of halogens is 5. The molecule has 2 aromatic carbocycles. The molecule has 2 atom stereocenters. The third-order valence-electron chi connectivity index (χ3n) is 8.07. The Morgan fingerprint density at radius 1 is 1.12 bits per heavy atom. The summed E-state index contributed by atoms with van der Waals surface area (Å²) in [4.78, 5) is 9.57. The second-order valence-electron chi connectivity index (χ2n) is 11.1. The van der Waals surface area contributed by atoms with E-state index in [0.29, 0.717) is 60.0 Å². The summed E-state index contributed by atoms with van der Waals surface area (Å²) in [7, 11) is -8.36. The van der Waals surface area contributed by atoms with Crippen LogP contribution in [0.4, 0.5) is 19.4 Å². The number of hydrogen-bond donors (Lipinski definition) is 1. The molecule has 2 fully saturated rings. The lowest BCUT2D eigenvalue weighted by Gasteiger charge is -2.52. The van der Waals surface area contributed by atoms with Crippen LogP contribution >= 0.6 is 10.2 Å². The molecule has 0 bridgehead atoms. The van der Waals surface area contributed by atoms with E-state index in [9.17, 15) is 24.5 Å². The van der Waals surface area contributed by atoms with Crippen LogP contribution in [-0.4, -0.2) is 62.6 Å². The number of benzene rings is 2. The van der Waals surface area contributed by atoms with Gasteiger partial charge < -0.3 is 24.3 Å². The lowest BCUT2D eigenvalue weighted by atomic mass is 9.82. The molecule has 9 nitrogen and oxygen atoms in total. The molecule has 0 radical (unpaired) electrons. The number of rotatable bonds is 7. The number of methoxy groups -OCH3 is 1. The van der Waals surface area contributed by atoms with Crippen LogP contribution in [0.15, 0.2) is 64.6 Å². The molecule has 1 saturated carbocycles. The Labute approximate surface area is 244 Å². The van der Waals surface area contributed by atoms with Gasteiger partial charge >= 0.3 is 10.2 Å². The van der Waals surface area contributed by atoms with Gasteiger partial charge in [-0.3, -0.25) is 0 Å². The van der Waals surface area contributed by atoms with Gasteiger partial charge in [0.25, 0.3) is 0 Å². The molecule has 0 amide bonds. The summed E-state index contributed by atoms with van der Waals surface area (Å²) >= 11 is 0. The zero-order valence-corrected chi connectivity index (χ0v) is 24.3. The van der Waals surface area contributed by atoms with Crippen LogP contribution < -0.4 is 4.74 Å². The normalized spacial score (nSPS) is 24.3. The lowest BCUT2D eigenvalue weighted by Crippen LogP contribution is -2.64. The highest BCUT2D eigenvalue weighted by Gasteiger charge is 2.65. The topological polar surface area (TPSA) is 94.2 Å². The molecule has 15 heteroatoms. The molecule has 3 aliphatic rings. The Kier molecular flexibility index (Phi) is 6.17. The van der Waals surface area contributed by atoms with Gasteiger partial charge in [0.2, 0.25) is 5.84 Å². The zero-order valence-electron chi connectivity index (χ0n) is 23.5. The highest BCUT2D eigenvalue weighted by Crippen LogP contribution is 3.02. The summed E-state index contributed by atoms with van der Waals surface area (Å²) in [5.74, 6) is 1.73. The number of morpholine rings is 1. The van der Waals surface area contributed by atoms with Crippen LogP contribution in [0.25, 0.3) is 11.8 Å². The molecule has 43 heavy (non-hydrogen) atoms. The van der Waals surface area contributed by atoms with Crippen LogP contribution in [0.2, 0.25) is 0 Å². The van der Waals surface area contributed by atoms with Gasteiger partial charge in [-0.25, -0.2) is 9.67 Å². The first-order valence-electron chi connectivity index (χ1n) is 13.6. The van der Waals surface area contributed by atoms with E-state index in [4.69, 9.17) is 14.3 Å². The number of nitrogens with zero attached hydrogens (tertiary/aromatic N) is 5. The minimum atomic E-state index is -9.89. The summed E-state index contributed by atoms with van der Waals surface area (Å²) < 4.78 is 80.9. The van der Waals surface area contributed by atoms with Crippen molar-refractivity contribution in [3.8, 4) is 11.4 Å². The van der Waals surface area contributed by atoms with Gasteiger partial charge in [0.15, 0.2) is 11.6 Å². The van der Waals surface area contributed by atoms with E-state index in [1.807, 2.05) is 19.1 Å². The van der Waals surface area contributed by atoms with Crippen molar-refractivity contribution in [2.24, 2.45) is 5.16 Å². The van der Waals surface area contributed by atoms with Crippen LogP contribution in [0.5, 0.6) is 5.75 Å². The third kappa shape index (κ3) is 5.18. The number of hydrogen-bond acceptors (Lipinski definition) is 8. The van der Waals surface area contributed by atoms with E-state index < -0.39 is 32.4 Å². The number of ether oxygens (including phenoxy) is 2. The summed E-state index contributed by atoms with van der Waals surface area (Å²) in [6.07, 6.45) is 4.20. The van der Waals surface area contributed by atoms with Crippen molar-refractivity contribution in [1.82, 2.24) is 19.7 Å². The monoisotopic (exact) mass is 627 g/mol. The SMILES string of the molecule is CCc1ncn(-c2ccc(/C=C3\OC4(CC4)CN4C3=NOCC4(c3ccc(S(F)(F)(F)(F)F)cc3)C(C)O)cc2OC)n1. The minimum absolute atomic E-state index is 0.169. The van der Waals surface area contributed by atoms with Crippen molar-refractivity contribution < 1.29 is 38.8 Å². The van der Waals surface area contributed by atoms with Gasteiger partial charge in [-0.2, -0.15) is 5.10 Å². The highest BCUT2D eigenvalue weighted by atomic mass is 32.5. The van der Waals surface area contributed by atoms with E-state index in [-0.39, 0.29) is 24.6 Å². The molecule has 1 aromatic heterocycles. The van der Waals surface area contributed by atoms with Gasteiger partial charge in [-0.15, -0.1) is 0 Å². The minimum Gasteiger partial charge on any atom is -0.494 e. The number of aromatic nitrogens is 3. The Morgan fingerprint density at radius 2 is 1.84 bits per heavy atom. The molecule has 1 saturated heterocycles. The summed E-state index contributed by atoms with van der Waals surface area (Å²) in [6, 6.07) is 8.04. The molecule has 232 valence electrons. The van der Waals surface area contributed by atoms with Gasteiger partial charge in [-0.1, -0.05) is 49.7 Å². The smallest absolute Gasteiger partial charge is 0.310 e. The molecule has 1 spiro atoms. The van der Waals surface area contributed by atoms with Gasteiger partial charge in [-0.05, 0) is 61.2 Å². The van der Waals surface area contributed by atoms with Crippen molar-refractivity contribution in [2.45, 2.75) is 55.2 Å². The van der Waals surface area contributed by atoms with Gasteiger partial charge in [0.05, 0.1) is 19.8 Å². The average Bonchev–Trinajstić information content (AvgIpc) is 3.51. The maximum atomic E-state index is 13.5. The van der Waals surface area contributed by atoms with E-state index in [2.05, 4.69) is 15.2 Å². The zero-order chi connectivity index (χ0) is 30.9. The summed E-state index contributed by atoms with van der Waals surface area (Å²) in [6.45, 7) is 3.45. The van der Waals surface area contributed by atoms with Crippen molar-refractivity contribution >= 4 is 22.1 Å². The van der Waals surface area contributed by atoms with Crippen LogP contribution in [0.1, 0.15) is 43.6 Å². The fourth-order valence-electron chi connectivity index (χ4n) is 5.52. The average molecular weight is 628 g/mol. The molecule has 3 heterocycles. The second-order valence-corrected chi connectivity index (χ2v) is 13.5. The van der Waals surface area contributed by atoms with E-state index in [1.165, 1.54) is 14.0 Å². The molecule has 2 aliphatic heterocycles. The van der Waals surface area contributed by atoms with E-state index in [1.54, 1.807) is 28.1 Å². The molecule has 3 aromatic rings. The van der Waals surface area contributed by atoms with Gasteiger partial charge in [0, 0.05) is 6.42 Å². The molecular weight excluding hydrogens is 597 g/mol. The Balaban J connectivity index is 1.40. The summed E-state index contributed by atoms with van der Waals surface area (Å²) in [5.41, 5.74) is -0.531. The van der Waals surface area contributed by atoms with Crippen LogP contribution in [-0.2, 0) is 21.5 Å². The number of aryl methyl sites for hydroxylation is 1. The van der Waals surface area contributed by atoms with Crippen molar-refractivity contribution in [2.75, 3.05) is 20.3 Å². The van der Waals surface area contributed by atoms with E-state index >= 15 is 0 Å². The van der Waals surface area contributed by atoms with Crippen LogP contribution in [0.3, 0.4) is 0 Å².